The van der Waals surface area contributed by atoms with Crippen LogP contribution in [0.4, 0.5) is 5.69 Å². The number of methoxy groups -OCH3 is 1. The number of nitrogens with zero attached hydrogens (tertiary/aromatic N) is 1. The second kappa shape index (κ2) is 9.08. The van der Waals surface area contributed by atoms with Gasteiger partial charge in [0.25, 0.3) is 5.91 Å². The Balaban J connectivity index is 1.60. The van der Waals surface area contributed by atoms with Crippen molar-refractivity contribution in [1.29, 1.82) is 0 Å². The van der Waals surface area contributed by atoms with Crippen LogP contribution >= 0.6 is 11.6 Å². The van der Waals surface area contributed by atoms with Crippen molar-refractivity contribution >= 4 is 23.2 Å². The van der Waals surface area contributed by atoms with Crippen molar-refractivity contribution in [1.82, 2.24) is 10.2 Å². The lowest BCUT2D eigenvalue weighted by molar-refractivity contribution is 0.0192. The molecule has 2 aliphatic heterocycles. The van der Waals surface area contributed by atoms with E-state index in [0.29, 0.717) is 41.5 Å². The summed E-state index contributed by atoms with van der Waals surface area (Å²) in [6.07, 6.45) is 1.92. The molecule has 8 heteroatoms. The number of nitrogen functional groups attached to an aromatic ring is 1. The monoisotopic (exact) mass is 425 g/mol. The fourth-order valence-corrected chi connectivity index (χ4v) is 4.36. The summed E-state index contributed by atoms with van der Waals surface area (Å²) in [6, 6.07) is 1.57. The minimum absolute atomic E-state index is 0.0206. The molecule has 4 N–H and O–H groups in total. The van der Waals surface area contributed by atoms with E-state index in [-0.39, 0.29) is 11.8 Å². The number of carbonyl (C=O) groups excluding carboxylic acids is 1. The highest BCUT2D eigenvalue weighted by Gasteiger charge is 2.36. The number of hydrogen-bond acceptors (Lipinski definition) is 6. The number of amides is 1. The molecule has 1 amide bonds. The molecule has 162 valence electrons. The molecule has 0 bridgehead atoms. The maximum atomic E-state index is 12.9. The van der Waals surface area contributed by atoms with Gasteiger partial charge in [0.15, 0.2) is 0 Å². The topological polar surface area (TPSA) is 97.1 Å². The van der Waals surface area contributed by atoms with Gasteiger partial charge in [-0.3, -0.25) is 4.79 Å². The molecular formula is C21H32ClN3O4. The Labute approximate surface area is 177 Å². The fourth-order valence-electron chi connectivity index (χ4n) is 4.14. The number of nitrogens with two attached hydrogens (primary N) is 1. The summed E-state index contributed by atoms with van der Waals surface area (Å²) in [5.74, 6) is 0.283. The largest absolute Gasteiger partial charge is 0.486 e. The van der Waals surface area contributed by atoms with E-state index in [4.69, 9.17) is 26.8 Å². The van der Waals surface area contributed by atoms with Crippen molar-refractivity contribution in [2.45, 2.75) is 44.8 Å². The Morgan fingerprint density at radius 1 is 1.52 bits per heavy atom. The normalized spacial score (nSPS) is 23.5. The number of ether oxygens (including phenoxy) is 2. The number of halogens is 1. The van der Waals surface area contributed by atoms with Gasteiger partial charge in [0.1, 0.15) is 11.4 Å². The van der Waals surface area contributed by atoms with E-state index in [1.54, 1.807) is 13.2 Å². The van der Waals surface area contributed by atoms with E-state index in [1.807, 2.05) is 13.8 Å². The third-order valence-corrected chi connectivity index (χ3v) is 6.06. The van der Waals surface area contributed by atoms with Crippen LogP contribution in [0, 0.1) is 5.92 Å². The zero-order valence-electron chi connectivity index (χ0n) is 17.5. The van der Waals surface area contributed by atoms with Crippen LogP contribution in [-0.2, 0) is 11.2 Å². The summed E-state index contributed by atoms with van der Waals surface area (Å²) in [5, 5.41) is 13.8. The Kier molecular flexibility index (Phi) is 6.94. The van der Waals surface area contributed by atoms with Crippen LogP contribution in [0.1, 0.15) is 42.6 Å². The minimum atomic E-state index is -0.470. The second-order valence-electron chi connectivity index (χ2n) is 8.64. The molecule has 0 aliphatic carbocycles. The van der Waals surface area contributed by atoms with Crippen LogP contribution in [0.2, 0.25) is 5.02 Å². The number of benzene rings is 1. The number of fused-ring (bicyclic) bond motifs is 1. The molecule has 7 nitrogen and oxygen atoms in total. The molecule has 0 radical (unpaired) electrons. The number of likely N-dealkylation sites (tertiary alicyclic amines) is 1. The third kappa shape index (κ3) is 5.15. The number of carbonyl (C=O) groups is 1. The smallest absolute Gasteiger partial charge is 0.255 e. The molecule has 3 rings (SSSR count). The van der Waals surface area contributed by atoms with E-state index in [2.05, 4.69) is 10.2 Å². The number of β-amino-alcohol motifs (C(OH)–C–C–N with tert-alkyl or cyclic N) is 1. The first kappa shape index (κ1) is 22.2. The summed E-state index contributed by atoms with van der Waals surface area (Å²) in [6.45, 7) is 7.47. The molecule has 2 aliphatic rings. The highest BCUT2D eigenvalue weighted by atomic mass is 35.5. The molecular weight excluding hydrogens is 394 g/mol. The lowest BCUT2D eigenvalue weighted by Gasteiger charge is -2.36. The second-order valence-corrected chi connectivity index (χ2v) is 9.05. The maximum absolute atomic E-state index is 12.9. The Hall–Kier alpha value is -1.54. The van der Waals surface area contributed by atoms with Gasteiger partial charge in [0.05, 0.1) is 22.4 Å². The first-order valence-electron chi connectivity index (χ1n) is 10.2. The maximum Gasteiger partial charge on any atom is 0.255 e. The van der Waals surface area contributed by atoms with Gasteiger partial charge < -0.3 is 30.5 Å². The molecule has 2 heterocycles. The summed E-state index contributed by atoms with van der Waals surface area (Å²) >= 11 is 6.26. The highest BCUT2D eigenvalue weighted by Crippen LogP contribution is 2.44. The summed E-state index contributed by atoms with van der Waals surface area (Å²) in [4.78, 5) is 15.1. The van der Waals surface area contributed by atoms with Crippen molar-refractivity contribution in [2.24, 2.45) is 5.92 Å². The van der Waals surface area contributed by atoms with Gasteiger partial charge in [-0.2, -0.15) is 0 Å². The zero-order valence-corrected chi connectivity index (χ0v) is 18.2. The predicted octanol–water partition coefficient (Wildman–Crippen LogP) is 2.08. The molecule has 0 spiro atoms. The van der Waals surface area contributed by atoms with Crippen molar-refractivity contribution < 1.29 is 19.4 Å². The molecule has 1 fully saturated rings. The van der Waals surface area contributed by atoms with Gasteiger partial charge in [-0.15, -0.1) is 0 Å². The summed E-state index contributed by atoms with van der Waals surface area (Å²) < 4.78 is 11.1. The lowest BCUT2D eigenvalue weighted by Crippen LogP contribution is -2.48. The summed E-state index contributed by atoms with van der Waals surface area (Å²) in [7, 11) is 1.69. The zero-order chi connectivity index (χ0) is 21.2. The summed E-state index contributed by atoms with van der Waals surface area (Å²) in [5.41, 5.74) is 7.33. The first-order valence-corrected chi connectivity index (χ1v) is 10.6. The third-order valence-electron chi connectivity index (χ3n) is 5.75. The van der Waals surface area contributed by atoms with Gasteiger partial charge in [0.2, 0.25) is 0 Å². The molecule has 29 heavy (non-hydrogen) atoms. The molecule has 1 aromatic rings. The van der Waals surface area contributed by atoms with Gasteiger partial charge in [-0.1, -0.05) is 11.6 Å². The number of rotatable bonds is 7. The van der Waals surface area contributed by atoms with Crippen molar-refractivity contribution in [2.75, 3.05) is 45.6 Å². The van der Waals surface area contributed by atoms with Gasteiger partial charge in [-0.05, 0) is 39.3 Å². The van der Waals surface area contributed by atoms with Crippen LogP contribution in [0.3, 0.4) is 0 Å². The molecule has 0 aromatic heterocycles. The molecule has 0 unspecified atom stereocenters. The van der Waals surface area contributed by atoms with E-state index in [1.165, 1.54) is 0 Å². The van der Waals surface area contributed by atoms with E-state index >= 15 is 0 Å². The number of piperidine rings is 1. The molecule has 2 atom stereocenters. The van der Waals surface area contributed by atoms with Gasteiger partial charge in [0, 0.05) is 51.3 Å². The van der Waals surface area contributed by atoms with Crippen molar-refractivity contribution in [3.63, 3.8) is 0 Å². The fraction of sp³-hybridized carbons (Fsp3) is 0.667. The van der Waals surface area contributed by atoms with Crippen molar-refractivity contribution in [3.8, 4) is 5.75 Å². The Bertz CT molecular complexity index is 756. The van der Waals surface area contributed by atoms with Crippen LogP contribution < -0.4 is 15.8 Å². The standard InChI is InChI=1S/C21H32ClN3O4/c1-21(2)10-15-18(23)16(22)9-14(19(15)29-21)20(27)24-11-13-5-7-25(12-17(13)26)6-4-8-28-3/h9,13,17,26H,4-8,10-12,23H2,1-3H3,(H,24,27)/t13-,17+/m0/s1. The number of aliphatic hydroxyl groups excluding tert-OH is 1. The average Bonchev–Trinajstić information content (AvgIpc) is 2.99. The number of anilines is 1. The number of hydrogen-bond donors (Lipinski definition) is 3. The number of aliphatic hydroxyl groups is 1. The molecule has 1 aromatic carbocycles. The average molecular weight is 426 g/mol. The number of nitrogens with one attached hydrogen (secondary N) is 1. The predicted molar refractivity (Wildman–Crippen MR) is 114 cm³/mol. The Morgan fingerprint density at radius 3 is 2.97 bits per heavy atom. The molecule has 1 saturated heterocycles. The lowest BCUT2D eigenvalue weighted by atomic mass is 9.93. The SMILES string of the molecule is COCCCN1CC[C@@H](CNC(=O)c2cc(Cl)c(N)c3c2OC(C)(C)C3)[C@H](O)C1. The van der Waals surface area contributed by atoms with Crippen LogP contribution in [0.5, 0.6) is 5.75 Å². The minimum Gasteiger partial charge on any atom is -0.486 e. The molecule has 0 saturated carbocycles. The van der Waals surface area contributed by atoms with Crippen molar-refractivity contribution in [3.05, 3.63) is 22.2 Å². The van der Waals surface area contributed by atoms with Gasteiger partial charge in [-0.25, -0.2) is 0 Å². The Morgan fingerprint density at radius 2 is 2.28 bits per heavy atom. The van der Waals surface area contributed by atoms with Gasteiger partial charge >= 0.3 is 0 Å². The first-order chi connectivity index (χ1) is 13.7. The highest BCUT2D eigenvalue weighted by molar-refractivity contribution is 6.33. The van der Waals surface area contributed by atoms with E-state index < -0.39 is 11.7 Å². The van der Waals surface area contributed by atoms with E-state index in [9.17, 15) is 9.90 Å². The van der Waals surface area contributed by atoms with E-state index in [0.717, 1.165) is 38.1 Å². The quantitative estimate of drug-likeness (QED) is 0.457. The van der Waals surface area contributed by atoms with Crippen LogP contribution in [0.15, 0.2) is 6.07 Å². The van der Waals surface area contributed by atoms with Crippen LogP contribution in [-0.4, -0.2) is 67.5 Å². The van der Waals surface area contributed by atoms with Crippen LogP contribution in [0.25, 0.3) is 0 Å².